The van der Waals surface area contributed by atoms with E-state index in [0.717, 1.165) is 23.8 Å². The summed E-state index contributed by atoms with van der Waals surface area (Å²) in [7, 11) is 1.76. The lowest BCUT2D eigenvalue weighted by Gasteiger charge is -2.14. The average Bonchev–Trinajstić information content (AvgIpc) is 3.26. The van der Waals surface area contributed by atoms with E-state index in [1.165, 1.54) is 29.3 Å². The number of nitrogens with zero attached hydrogens (tertiary/aromatic N) is 1. The largest absolute Gasteiger partial charge is 0.386 e. The number of aliphatic hydroxyl groups is 1. The van der Waals surface area contributed by atoms with Crippen LogP contribution in [0.3, 0.4) is 0 Å². The predicted molar refractivity (Wildman–Crippen MR) is 103 cm³/mol. The molecule has 0 radical (unpaired) electrons. The smallest absolute Gasteiger partial charge is 0.191 e. The monoisotopic (exact) mass is 343 g/mol. The Morgan fingerprint density at radius 2 is 2.21 bits per heavy atom. The van der Waals surface area contributed by atoms with E-state index in [4.69, 9.17) is 0 Å². The van der Waals surface area contributed by atoms with Gasteiger partial charge in [-0.15, -0.1) is 11.3 Å². The molecule has 3 rings (SSSR count). The zero-order valence-corrected chi connectivity index (χ0v) is 14.9. The molecule has 1 aliphatic rings. The Morgan fingerprint density at radius 1 is 1.33 bits per heavy atom. The predicted octanol–water partition coefficient (Wildman–Crippen LogP) is 3.60. The molecule has 0 spiro atoms. The van der Waals surface area contributed by atoms with Gasteiger partial charge in [0.25, 0.3) is 0 Å². The summed E-state index contributed by atoms with van der Waals surface area (Å²) in [5.74, 6) is 0.744. The fraction of sp³-hybridized carbons (Fsp3) is 0.421. The lowest BCUT2D eigenvalue weighted by atomic mass is 10.2. The van der Waals surface area contributed by atoms with Crippen molar-refractivity contribution in [1.29, 1.82) is 0 Å². The van der Waals surface area contributed by atoms with Crippen molar-refractivity contribution in [3.63, 3.8) is 0 Å². The number of aliphatic imine (C=N–C) groups is 1. The number of fused-ring (bicyclic) bond motifs is 1. The van der Waals surface area contributed by atoms with Crippen LogP contribution < -0.4 is 10.6 Å². The topological polar surface area (TPSA) is 56.7 Å². The number of hydrogen-bond acceptors (Lipinski definition) is 3. The maximum atomic E-state index is 10.4. The number of benzene rings is 1. The molecule has 0 bridgehead atoms. The number of allylic oxidation sites excluding steroid dienone is 1. The van der Waals surface area contributed by atoms with Crippen LogP contribution in [0.2, 0.25) is 0 Å². The summed E-state index contributed by atoms with van der Waals surface area (Å²) in [5.41, 5.74) is 1.54. The zero-order valence-electron chi connectivity index (χ0n) is 14.1. The van der Waals surface area contributed by atoms with Crippen LogP contribution in [0.1, 0.15) is 36.7 Å². The first-order valence-corrected chi connectivity index (χ1v) is 9.37. The minimum atomic E-state index is -0.529. The third-order valence-corrected chi connectivity index (χ3v) is 5.55. The molecule has 0 amide bonds. The molecule has 128 valence electrons. The van der Waals surface area contributed by atoms with Crippen molar-refractivity contribution in [3.8, 4) is 0 Å². The minimum absolute atomic E-state index is 0.454. The van der Waals surface area contributed by atoms with Crippen LogP contribution in [0.4, 0.5) is 0 Å². The van der Waals surface area contributed by atoms with E-state index in [0.29, 0.717) is 6.54 Å². The molecule has 0 aliphatic heterocycles. The van der Waals surface area contributed by atoms with Gasteiger partial charge in [-0.25, -0.2) is 0 Å². The molecule has 2 aromatic rings. The lowest BCUT2D eigenvalue weighted by Crippen LogP contribution is -2.39. The SMILES string of the molecule is CN=C(NCCC1=CCCC1)NCC(O)c1cc2ccccc2s1. The number of hydrogen-bond donors (Lipinski definition) is 3. The van der Waals surface area contributed by atoms with Gasteiger partial charge in [-0.2, -0.15) is 0 Å². The van der Waals surface area contributed by atoms with Crippen LogP contribution in [0.5, 0.6) is 0 Å². The lowest BCUT2D eigenvalue weighted by molar-refractivity contribution is 0.184. The number of nitrogens with one attached hydrogen (secondary N) is 2. The Hall–Kier alpha value is -1.85. The van der Waals surface area contributed by atoms with E-state index in [2.05, 4.69) is 39.9 Å². The molecule has 3 N–H and O–H groups in total. The molecule has 4 nitrogen and oxygen atoms in total. The van der Waals surface area contributed by atoms with Crippen molar-refractivity contribution in [2.75, 3.05) is 20.1 Å². The van der Waals surface area contributed by atoms with Crippen molar-refractivity contribution in [1.82, 2.24) is 10.6 Å². The van der Waals surface area contributed by atoms with Crippen molar-refractivity contribution in [3.05, 3.63) is 46.9 Å². The Bertz CT molecular complexity index is 702. The first-order chi connectivity index (χ1) is 11.8. The van der Waals surface area contributed by atoms with Gasteiger partial charge >= 0.3 is 0 Å². The highest BCUT2D eigenvalue weighted by molar-refractivity contribution is 7.19. The zero-order chi connectivity index (χ0) is 16.8. The van der Waals surface area contributed by atoms with Gasteiger partial charge in [0.2, 0.25) is 0 Å². The van der Waals surface area contributed by atoms with Crippen LogP contribution in [-0.2, 0) is 0 Å². The summed E-state index contributed by atoms with van der Waals surface area (Å²) >= 11 is 1.64. The van der Waals surface area contributed by atoms with E-state index in [1.807, 2.05) is 12.1 Å². The van der Waals surface area contributed by atoms with Gasteiger partial charge < -0.3 is 15.7 Å². The minimum Gasteiger partial charge on any atom is -0.386 e. The second-order valence-corrected chi connectivity index (χ2v) is 7.20. The number of guanidine groups is 1. The second-order valence-electron chi connectivity index (χ2n) is 6.09. The van der Waals surface area contributed by atoms with Gasteiger partial charge in [0, 0.05) is 29.7 Å². The second kappa shape index (κ2) is 8.31. The van der Waals surface area contributed by atoms with Crippen molar-refractivity contribution in [2.24, 2.45) is 4.99 Å². The molecule has 5 heteroatoms. The summed E-state index contributed by atoms with van der Waals surface area (Å²) in [4.78, 5) is 5.21. The highest BCUT2D eigenvalue weighted by atomic mass is 32.1. The Kier molecular flexibility index (Phi) is 5.88. The molecular weight excluding hydrogens is 318 g/mol. The molecule has 0 fully saturated rings. The van der Waals surface area contributed by atoms with Crippen LogP contribution in [0.25, 0.3) is 10.1 Å². The van der Waals surface area contributed by atoms with Crippen LogP contribution in [-0.4, -0.2) is 31.2 Å². The van der Waals surface area contributed by atoms with Crippen molar-refractivity contribution < 1.29 is 5.11 Å². The van der Waals surface area contributed by atoms with Crippen molar-refractivity contribution in [2.45, 2.75) is 31.8 Å². The van der Waals surface area contributed by atoms with Gasteiger partial charge in [0.1, 0.15) is 6.10 Å². The number of thiophene rings is 1. The summed E-state index contributed by atoms with van der Waals surface area (Å²) < 4.78 is 1.21. The fourth-order valence-electron chi connectivity index (χ4n) is 2.99. The highest BCUT2D eigenvalue weighted by Crippen LogP contribution is 2.29. The number of aliphatic hydroxyl groups excluding tert-OH is 1. The quantitative estimate of drug-likeness (QED) is 0.427. The third kappa shape index (κ3) is 4.36. The van der Waals surface area contributed by atoms with Gasteiger partial charge in [0.15, 0.2) is 5.96 Å². The fourth-order valence-corrected chi connectivity index (χ4v) is 4.04. The van der Waals surface area contributed by atoms with E-state index >= 15 is 0 Å². The van der Waals surface area contributed by atoms with Crippen LogP contribution in [0.15, 0.2) is 47.0 Å². The normalized spacial score (nSPS) is 16.2. The summed E-state index contributed by atoms with van der Waals surface area (Å²) in [5, 5.41) is 18.1. The maximum absolute atomic E-state index is 10.4. The molecule has 1 atom stereocenters. The Morgan fingerprint density at radius 3 is 2.96 bits per heavy atom. The molecule has 1 heterocycles. The third-order valence-electron chi connectivity index (χ3n) is 4.33. The van der Waals surface area contributed by atoms with E-state index in [-0.39, 0.29) is 0 Å². The molecular formula is C19H25N3OS. The van der Waals surface area contributed by atoms with Crippen molar-refractivity contribution >= 4 is 27.4 Å². The first kappa shape index (κ1) is 17.0. The molecule has 0 saturated carbocycles. The first-order valence-electron chi connectivity index (χ1n) is 8.55. The van der Waals surface area contributed by atoms with E-state index < -0.39 is 6.10 Å². The molecule has 0 saturated heterocycles. The summed E-state index contributed by atoms with van der Waals surface area (Å²) in [6.07, 6.45) is 6.65. The Balaban J connectivity index is 1.47. The van der Waals surface area contributed by atoms with Gasteiger partial charge in [0.05, 0.1) is 0 Å². The highest BCUT2D eigenvalue weighted by Gasteiger charge is 2.12. The average molecular weight is 343 g/mol. The van der Waals surface area contributed by atoms with Gasteiger partial charge in [-0.05, 0) is 43.2 Å². The molecule has 1 unspecified atom stereocenters. The van der Waals surface area contributed by atoms with Crippen LogP contribution in [0, 0.1) is 0 Å². The molecule has 1 aromatic carbocycles. The Labute approximate surface area is 147 Å². The standard InChI is InChI=1S/C19H25N3OS/c1-20-19(21-11-10-14-6-2-3-7-14)22-13-16(23)18-12-15-8-4-5-9-17(15)24-18/h4-6,8-9,12,16,23H,2-3,7,10-11,13H2,1H3,(H2,20,21,22). The maximum Gasteiger partial charge on any atom is 0.191 e. The number of rotatable bonds is 6. The van der Waals surface area contributed by atoms with Gasteiger partial charge in [-0.1, -0.05) is 29.8 Å². The summed E-state index contributed by atoms with van der Waals surface area (Å²) in [6, 6.07) is 10.3. The van der Waals surface area contributed by atoms with E-state index in [1.54, 1.807) is 24.0 Å². The molecule has 24 heavy (non-hydrogen) atoms. The van der Waals surface area contributed by atoms with Gasteiger partial charge in [-0.3, -0.25) is 4.99 Å². The van der Waals surface area contributed by atoms with Crippen LogP contribution >= 0.6 is 11.3 Å². The molecule has 1 aliphatic carbocycles. The molecule has 1 aromatic heterocycles. The summed E-state index contributed by atoms with van der Waals surface area (Å²) in [6.45, 7) is 1.33. The van der Waals surface area contributed by atoms with E-state index in [9.17, 15) is 5.11 Å².